The molecule has 2 saturated heterocycles. The molecule has 2 fully saturated rings. The molecule has 2 aliphatic rings. The maximum Gasteiger partial charge on any atom is 0.317 e. The number of nitrogens with one attached hydrogen (secondary N) is 1. The van der Waals surface area contributed by atoms with Crippen LogP contribution in [0.25, 0.3) is 0 Å². The van der Waals surface area contributed by atoms with Gasteiger partial charge in [-0.15, -0.1) is 11.3 Å². The van der Waals surface area contributed by atoms with Crippen molar-refractivity contribution in [3.8, 4) is 0 Å². The molecule has 7 nitrogen and oxygen atoms in total. The van der Waals surface area contributed by atoms with E-state index in [1.165, 1.54) is 0 Å². The molecule has 1 atom stereocenters. The molecular formula is C17H24N6OS. The minimum Gasteiger partial charge on any atom is -0.348 e. The van der Waals surface area contributed by atoms with Gasteiger partial charge in [0.1, 0.15) is 0 Å². The van der Waals surface area contributed by atoms with Gasteiger partial charge in [-0.3, -0.25) is 4.68 Å². The van der Waals surface area contributed by atoms with E-state index in [1.807, 2.05) is 34.3 Å². The van der Waals surface area contributed by atoms with E-state index in [1.54, 1.807) is 11.3 Å². The second-order valence-electron chi connectivity index (χ2n) is 6.91. The summed E-state index contributed by atoms with van der Waals surface area (Å²) in [6.07, 6.45) is 8.69. The van der Waals surface area contributed by atoms with Crippen LogP contribution >= 0.6 is 11.3 Å². The lowest BCUT2D eigenvalue weighted by atomic mass is 10.1. The van der Waals surface area contributed by atoms with Crippen LogP contribution in [0.3, 0.4) is 0 Å². The normalized spacial score (nSPS) is 21.7. The van der Waals surface area contributed by atoms with Crippen LogP contribution in [0.4, 0.5) is 9.93 Å². The molecule has 0 aliphatic carbocycles. The average molecular weight is 360 g/mol. The number of aromatic nitrogens is 3. The summed E-state index contributed by atoms with van der Waals surface area (Å²) in [6.45, 7) is 5.49. The molecule has 0 spiro atoms. The molecule has 0 bridgehead atoms. The number of anilines is 1. The second-order valence-corrected chi connectivity index (χ2v) is 7.78. The van der Waals surface area contributed by atoms with Crippen LogP contribution in [0.2, 0.25) is 0 Å². The van der Waals surface area contributed by atoms with E-state index in [4.69, 9.17) is 0 Å². The van der Waals surface area contributed by atoms with Crippen molar-refractivity contribution in [1.82, 2.24) is 25.0 Å². The van der Waals surface area contributed by atoms with Crippen LogP contribution < -0.4 is 10.2 Å². The Balaban J connectivity index is 1.26. The van der Waals surface area contributed by atoms with Gasteiger partial charge >= 0.3 is 6.03 Å². The Hall–Kier alpha value is -2.09. The molecule has 0 saturated carbocycles. The molecule has 2 aliphatic heterocycles. The summed E-state index contributed by atoms with van der Waals surface area (Å²) in [4.78, 5) is 21.2. The van der Waals surface area contributed by atoms with Gasteiger partial charge in [0.25, 0.3) is 0 Å². The molecule has 1 unspecified atom stereocenters. The van der Waals surface area contributed by atoms with Crippen LogP contribution in [0.1, 0.15) is 30.9 Å². The quantitative estimate of drug-likeness (QED) is 0.912. The molecule has 4 rings (SSSR count). The number of aryl methyl sites for hydroxylation is 1. The van der Waals surface area contributed by atoms with Gasteiger partial charge in [-0.2, -0.15) is 5.10 Å². The fourth-order valence-corrected chi connectivity index (χ4v) is 4.32. The molecular weight excluding hydrogens is 336 g/mol. The van der Waals surface area contributed by atoms with Crippen molar-refractivity contribution in [1.29, 1.82) is 0 Å². The van der Waals surface area contributed by atoms with Crippen LogP contribution in [-0.4, -0.2) is 57.9 Å². The van der Waals surface area contributed by atoms with Gasteiger partial charge in [0.05, 0.1) is 12.2 Å². The SMILES string of the molecule is Cc1cnn(C2CCN(C(=O)NC3CCN(c4nccs4)CC3)C2)c1. The van der Waals surface area contributed by atoms with Crippen molar-refractivity contribution in [3.05, 3.63) is 29.5 Å². The standard InChI is InChI=1S/C17H24N6OS/c1-13-10-19-23(11-13)15-4-8-22(12-15)16(24)20-14-2-6-21(7-3-14)17-18-5-9-25-17/h5,9-11,14-15H,2-4,6-8,12H2,1H3,(H,20,24). The molecule has 0 aromatic carbocycles. The molecule has 2 aromatic rings. The molecule has 2 aromatic heterocycles. The third kappa shape index (κ3) is 3.63. The summed E-state index contributed by atoms with van der Waals surface area (Å²) in [5.74, 6) is 0. The van der Waals surface area contributed by atoms with Gasteiger partial charge in [-0.05, 0) is 31.7 Å². The smallest absolute Gasteiger partial charge is 0.317 e. The highest BCUT2D eigenvalue weighted by molar-refractivity contribution is 7.13. The number of hydrogen-bond donors (Lipinski definition) is 1. The van der Waals surface area contributed by atoms with Crippen molar-refractivity contribution < 1.29 is 4.79 Å². The molecule has 134 valence electrons. The highest BCUT2D eigenvalue weighted by atomic mass is 32.1. The van der Waals surface area contributed by atoms with E-state index in [0.29, 0.717) is 6.04 Å². The number of amides is 2. The first kappa shape index (κ1) is 16.4. The Morgan fingerprint density at radius 3 is 2.80 bits per heavy atom. The van der Waals surface area contributed by atoms with Gasteiger partial charge in [0.2, 0.25) is 0 Å². The zero-order valence-electron chi connectivity index (χ0n) is 14.5. The number of hydrogen-bond acceptors (Lipinski definition) is 5. The third-order valence-corrected chi connectivity index (χ3v) is 5.90. The summed E-state index contributed by atoms with van der Waals surface area (Å²) in [7, 11) is 0. The molecule has 8 heteroatoms. The summed E-state index contributed by atoms with van der Waals surface area (Å²) in [5.41, 5.74) is 1.16. The topological polar surface area (TPSA) is 66.3 Å². The zero-order chi connectivity index (χ0) is 17.2. The Labute approximate surface area is 151 Å². The van der Waals surface area contributed by atoms with Crippen LogP contribution in [-0.2, 0) is 0 Å². The van der Waals surface area contributed by atoms with Crippen LogP contribution in [0.5, 0.6) is 0 Å². The second kappa shape index (κ2) is 7.03. The first-order valence-corrected chi connectivity index (χ1v) is 9.77. The number of carbonyl (C=O) groups excluding carboxylic acids is 1. The van der Waals surface area contributed by atoms with E-state index in [0.717, 1.165) is 56.1 Å². The predicted octanol–water partition coefficient (Wildman–Crippen LogP) is 2.27. The van der Waals surface area contributed by atoms with E-state index in [2.05, 4.69) is 26.5 Å². The Morgan fingerprint density at radius 1 is 1.28 bits per heavy atom. The van der Waals surface area contributed by atoms with Gasteiger partial charge in [0, 0.05) is 50.0 Å². The van der Waals surface area contributed by atoms with E-state index < -0.39 is 0 Å². The first-order valence-electron chi connectivity index (χ1n) is 8.89. The summed E-state index contributed by atoms with van der Waals surface area (Å²) >= 11 is 1.68. The lowest BCUT2D eigenvalue weighted by molar-refractivity contribution is 0.200. The van der Waals surface area contributed by atoms with E-state index in [-0.39, 0.29) is 12.1 Å². The molecule has 0 radical (unpaired) electrons. The molecule has 2 amide bonds. The number of thiazole rings is 1. The van der Waals surface area contributed by atoms with Crippen molar-refractivity contribution in [2.75, 3.05) is 31.1 Å². The van der Waals surface area contributed by atoms with Crippen LogP contribution in [0.15, 0.2) is 24.0 Å². The lowest BCUT2D eigenvalue weighted by Gasteiger charge is -2.33. The number of nitrogens with zero attached hydrogens (tertiary/aromatic N) is 5. The lowest BCUT2D eigenvalue weighted by Crippen LogP contribution is -2.48. The van der Waals surface area contributed by atoms with Gasteiger partial charge in [-0.25, -0.2) is 9.78 Å². The molecule has 1 N–H and O–H groups in total. The van der Waals surface area contributed by atoms with E-state index in [9.17, 15) is 4.79 Å². The largest absolute Gasteiger partial charge is 0.348 e. The fraction of sp³-hybridized carbons (Fsp3) is 0.588. The average Bonchev–Trinajstić information content (AvgIpc) is 3.36. The number of piperidine rings is 1. The Morgan fingerprint density at radius 2 is 2.12 bits per heavy atom. The predicted molar refractivity (Wildman–Crippen MR) is 98.1 cm³/mol. The maximum atomic E-state index is 12.6. The number of rotatable bonds is 3. The molecule has 4 heterocycles. The highest BCUT2D eigenvalue weighted by Crippen LogP contribution is 2.23. The van der Waals surface area contributed by atoms with Crippen molar-refractivity contribution in [3.63, 3.8) is 0 Å². The Bertz CT molecular complexity index is 707. The summed E-state index contributed by atoms with van der Waals surface area (Å²) in [6, 6.07) is 0.625. The minimum absolute atomic E-state index is 0.0686. The Kier molecular flexibility index (Phi) is 4.61. The molecule has 25 heavy (non-hydrogen) atoms. The number of urea groups is 1. The first-order chi connectivity index (χ1) is 12.2. The summed E-state index contributed by atoms with van der Waals surface area (Å²) in [5, 5.41) is 10.7. The third-order valence-electron chi connectivity index (χ3n) is 5.07. The fourth-order valence-electron chi connectivity index (χ4n) is 3.63. The highest BCUT2D eigenvalue weighted by Gasteiger charge is 2.30. The zero-order valence-corrected chi connectivity index (χ0v) is 15.3. The van der Waals surface area contributed by atoms with Gasteiger partial charge in [-0.1, -0.05) is 0 Å². The van der Waals surface area contributed by atoms with Crippen molar-refractivity contribution in [2.24, 2.45) is 0 Å². The maximum absolute atomic E-state index is 12.6. The van der Waals surface area contributed by atoms with Gasteiger partial charge in [0.15, 0.2) is 5.13 Å². The van der Waals surface area contributed by atoms with E-state index >= 15 is 0 Å². The summed E-state index contributed by atoms with van der Waals surface area (Å²) < 4.78 is 2.00. The van der Waals surface area contributed by atoms with Gasteiger partial charge < -0.3 is 15.1 Å². The van der Waals surface area contributed by atoms with Crippen molar-refractivity contribution in [2.45, 2.75) is 38.3 Å². The minimum atomic E-state index is 0.0686. The monoisotopic (exact) mass is 360 g/mol. The number of likely N-dealkylation sites (tertiary alicyclic amines) is 1. The van der Waals surface area contributed by atoms with Crippen LogP contribution in [0, 0.1) is 6.92 Å². The number of carbonyl (C=O) groups is 1. The van der Waals surface area contributed by atoms with Crippen molar-refractivity contribution >= 4 is 22.5 Å².